The molecule has 2 aromatic carbocycles. The van der Waals surface area contributed by atoms with Gasteiger partial charge in [0.15, 0.2) is 5.69 Å². The number of tetrazole rings is 1. The maximum absolute atomic E-state index is 13.5. The van der Waals surface area contributed by atoms with Crippen molar-refractivity contribution in [2.45, 2.75) is 60.0 Å². The lowest BCUT2D eigenvalue weighted by Gasteiger charge is -2.12. The number of carbonyl (C=O) groups is 1. The summed E-state index contributed by atoms with van der Waals surface area (Å²) in [6, 6.07) is 15.8. The number of nitrogens with zero attached hydrogens (tertiary/aromatic N) is 6. The first kappa shape index (κ1) is 26.1. The fourth-order valence-electron chi connectivity index (χ4n) is 4.48. The van der Waals surface area contributed by atoms with Gasteiger partial charge in [-0.2, -0.15) is 4.68 Å². The van der Waals surface area contributed by atoms with Crippen LogP contribution in [0.1, 0.15) is 62.3 Å². The van der Waals surface area contributed by atoms with Gasteiger partial charge in [-0.3, -0.25) is 9.13 Å². The number of benzene rings is 2. The summed E-state index contributed by atoms with van der Waals surface area (Å²) in [6.45, 7) is 9.06. The van der Waals surface area contributed by atoms with Gasteiger partial charge in [-0.05, 0) is 58.7 Å². The molecule has 194 valence electrons. The van der Waals surface area contributed by atoms with Gasteiger partial charge in [0.05, 0.1) is 17.9 Å². The van der Waals surface area contributed by atoms with E-state index in [2.05, 4.69) is 43.2 Å². The molecule has 0 fully saturated rings. The van der Waals surface area contributed by atoms with Crippen LogP contribution in [0.15, 0.2) is 59.7 Å². The Morgan fingerprint density at radius 2 is 1.65 bits per heavy atom. The molecule has 0 aliphatic rings. The highest BCUT2D eigenvalue weighted by atomic mass is 16.4. The van der Waals surface area contributed by atoms with Crippen molar-refractivity contribution in [2.75, 3.05) is 0 Å². The zero-order valence-electron chi connectivity index (χ0n) is 21.8. The van der Waals surface area contributed by atoms with Crippen LogP contribution in [0.25, 0.3) is 16.8 Å². The number of carboxylic acids is 1. The predicted molar refractivity (Wildman–Crippen MR) is 142 cm³/mol. The average molecular weight is 503 g/mol. The van der Waals surface area contributed by atoms with Gasteiger partial charge in [0.1, 0.15) is 6.33 Å². The summed E-state index contributed by atoms with van der Waals surface area (Å²) < 4.78 is 4.72. The molecule has 2 aromatic heterocycles. The Kier molecular flexibility index (Phi) is 8.01. The molecule has 0 radical (unpaired) electrons. The van der Waals surface area contributed by atoms with Gasteiger partial charge in [0.2, 0.25) is 0 Å². The van der Waals surface area contributed by atoms with Crippen molar-refractivity contribution in [3.8, 4) is 16.8 Å². The Labute approximate surface area is 216 Å². The molecule has 0 spiro atoms. The fourth-order valence-corrected chi connectivity index (χ4v) is 4.48. The van der Waals surface area contributed by atoms with E-state index in [1.54, 1.807) is 15.6 Å². The van der Waals surface area contributed by atoms with E-state index in [1.165, 1.54) is 4.57 Å². The molecule has 0 saturated carbocycles. The lowest BCUT2D eigenvalue weighted by atomic mass is 10.0. The second-order valence-electron chi connectivity index (χ2n) is 10.2. The number of rotatable bonds is 11. The van der Waals surface area contributed by atoms with Crippen LogP contribution in [0.3, 0.4) is 0 Å². The van der Waals surface area contributed by atoms with Crippen LogP contribution < -0.4 is 5.69 Å². The van der Waals surface area contributed by atoms with Crippen LogP contribution >= 0.6 is 0 Å². The molecule has 2 heterocycles. The normalized spacial score (nSPS) is 11.5. The molecule has 9 heteroatoms. The summed E-state index contributed by atoms with van der Waals surface area (Å²) in [5.74, 6) is -0.295. The summed E-state index contributed by atoms with van der Waals surface area (Å²) in [5, 5.41) is 21.5. The minimum atomic E-state index is -1.05. The maximum Gasteiger partial charge on any atom is 0.354 e. The minimum absolute atomic E-state index is 0.123. The topological polar surface area (TPSA) is 108 Å². The standard InChI is InChI=1S/C28H34N6O3/c1-19(2)9-14-25-26(27(35)36)32(16-15-20(3)4)28(37)33(25)17-21-10-12-22(13-11-21)23-7-5-6-8-24(23)34-18-29-30-31-34/h5-8,10-13,18-20H,9,14-17H2,1-4H3,(H,35,36). The number of para-hydroxylation sites is 1. The number of aromatic carboxylic acids is 1. The summed E-state index contributed by atoms with van der Waals surface area (Å²) in [6.07, 6.45) is 3.65. The van der Waals surface area contributed by atoms with Gasteiger partial charge in [0.25, 0.3) is 0 Å². The molecular formula is C28H34N6O3. The van der Waals surface area contributed by atoms with Gasteiger partial charge >= 0.3 is 11.7 Å². The van der Waals surface area contributed by atoms with E-state index in [0.717, 1.165) is 35.2 Å². The zero-order chi connectivity index (χ0) is 26.5. The third kappa shape index (κ3) is 5.87. The smallest absolute Gasteiger partial charge is 0.354 e. The maximum atomic E-state index is 13.5. The first-order chi connectivity index (χ1) is 17.8. The summed E-state index contributed by atoms with van der Waals surface area (Å²) in [4.78, 5) is 25.8. The third-order valence-electron chi connectivity index (χ3n) is 6.53. The Morgan fingerprint density at radius 1 is 0.946 bits per heavy atom. The minimum Gasteiger partial charge on any atom is -0.477 e. The molecule has 0 atom stereocenters. The lowest BCUT2D eigenvalue weighted by Crippen LogP contribution is -2.27. The van der Waals surface area contributed by atoms with Crippen molar-refractivity contribution >= 4 is 5.97 Å². The van der Waals surface area contributed by atoms with E-state index in [-0.39, 0.29) is 11.4 Å². The molecule has 4 aromatic rings. The van der Waals surface area contributed by atoms with Crippen LogP contribution in [0, 0.1) is 11.8 Å². The van der Waals surface area contributed by atoms with Crippen molar-refractivity contribution in [3.63, 3.8) is 0 Å². The van der Waals surface area contributed by atoms with Crippen molar-refractivity contribution < 1.29 is 9.90 Å². The van der Waals surface area contributed by atoms with Gasteiger partial charge in [-0.1, -0.05) is 70.2 Å². The highest BCUT2D eigenvalue weighted by molar-refractivity contribution is 5.87. The van der Waals surface area contributed by atoms with Gasteiger partial charge in [0, 0.05) is 12.1 Å². The second kappa shape index (κ2) is 11.4. The van der Waals surface area contributed by atoms with Crippen LogP contribution in [0.4, 0.5) is 0 Å². The summed E-state index contributed by atoms with van der Waals surface area (Å²) in [7, 11) is 0. The Hall–Kier alpha value is -4.01. The first-order valence-corrected chi connectivity index (χ1v) is 12.7. The van der Waals surface area contributed by atoms with E-state index in [4.69, 9.17) is 0 Å². The SMILES string of the molecule is CC(C)CCc1c(C(=O)O)n(CCC(C)C)c(=O)n1Cc1ccc(-c2ccccc2-n2cnnn2)cc1. The van der Waals surface area contributed by atoms with Crippen LogP contribution in [-0.4, -0.2) is 40.4 Å². The zero-order valence-corrected chi connectivity index (χ0v) is 21.8. The molecule has 4 rings (SSSR count). The van der Waals surface area contributed by atoms with E-state index in [0.29, 0.717) is 37.0 Å². The van der Waals surface area contributed by atoms with Crippen LogP contribution in [0.5, 0.6) is 0 Å². The van der Waals surface area contributed by atoms with Crippen molar-refractivity contribution in [2.24, 2.45) is 11.8 Å². The Bertz CT molecular complexity index is 1400. The van der Waals surface area contributed by atoms with Gasteiger partial charge in [-0.25, -0.2) is 9.59 Å². The Balaban J connectivity index is 1.69. The molecule has 9 nitrogen and oxygen atoms in total. The van der Waals surface area contributed by atoms with Gasteiger partial charge < -0.3 is 5.11 Å². The number of aromatic nitrogens is 6. The molecule has 0 saturated heterocycles. The molecular weight excluding hydrogens is 468 g/mol. The quantitative estimate of drug-likeness (QED) is 0.319. The van der Waals surface area contributed by atoms with Crippen LogP contribution in [0.2, 0.25) is 0 Å². The lowest BCUT2D eigenvalue weighted by molar-refractivity contribution is 0.0682. The number of imidazole rings is 1. The predicted octanol–water partition coefficient (Wildman–Crippen LogP) is 4.67. The van der Waals surface area contributed by atoms with E-state index in [9.17, 15) is 14.7 Å². The fraction of sp³-hybridized carbons (Fsp3) is 0.393. The molecule has 0 unspecified atom stereocenters. The summed E-state index contributed by atoms with van der Waals surface area (Å²) >= 11 is 0. The number of hydrogen-bond donors (Lipinski definition) is 1. The van der Waals surface area contributed by atoms with Gasteiger partial charge in [-0.15, -0.1) is 5.10 Å². The highest BCUT2D eigenvalue weighted by Crippen LogP contribution is 2.27. The highest BCUT2D eigenvalue weighted by Gasteiger charge is 2.25. The van der Waals surface area contributed by atoms with Crippen molar-refractivity contribution in [1.82, 2.24) is 29.3 Å². The molecule has 0 amide bonds. The van der Waals surface area contributed by atoms with Crippen molar-refractivity contribution in [3.05, 3.63) is 82.3 Å². The molecule has 37 heavy (non-hydrogen) atoms. The monoisotopic (exact) mass is 502 g/mol. The molecule has 0 aliphatic carbocycles. The third-order valence-corrected chi connectivity index (χ3v) is 6.53. The Morgan fingerprint density at radius 3 is 2.27 bits per heavy atom. The number of carboxylic acid groups (broad SMARTS) is 1. The second-order valence-corrected chi connectivity index (χ2v) is 10.2. The molecule has 1 N–H and O–H groups in total. The molecule has 0 aliphatic heterocycles. The average Bonchev–Trinajstić information content (AvgIpc) is 3.49. The molecule has 0 bridgehead atoms. The first-order valence-electron chi connectivity index (χ1n) is 12.7. The van der Waals surface area contributed by atoms with Crippen molar-refractivity contribution in [1.29, 1.82) is 0 Å². The number of hydrogen-bond acceptors (Lipinski definition) is 5. The van der Waals surface area contributed by atoms with E-state index in [1.807, 2.05) is 48.5 Å². The van der Waals surface area contributed by atoms with Crippen LogP contribution in [-0.2, 0) is 19.5 Å². The van der Waals surface area contributed by atoms with E-state index < -0.39 is 5.97 Å². The van der Waals surface area contributed by atoms with E-state index >= 15 is 0 Å². The largest absolute Gasteiger partial charge is 0.477 e. The summed E-state index contributed by atoms with van der Waals surface area (Å²) in [5.41, 5.74) is 4.22.